The fourth-order valence-corrected chi connectivity index (χ4v) is 2.85. The summed E-state index contributed by atoms with van der Waals surface area (Å²) in [4.78, 5) is 0. The minimum atomic E-state index is 0. The third-order valence-corrected chi connectivity index (χ3v) is 4.26. The Morgan fingerprint density at radius 3 is 2.00 bits per heavy atom. The van der Waals surface area contributed by atoms with E-state index in [1.807, 2.05) is 0 Å². The molecular formula is C20H36ClN. The van der Waals surface area contributed by atoms with Gasteiger partial charge in [0.2, 0.25) is 0 Å². The van der Waals surface area contributed by atoms with E-state index >= 15 is 0 Å². The van der Waals surface area contributed by atoms with Gasteiger partial charge in [0.25, 0.3) is 0 Å². The molecular weight excluding hydrogens is 290 g/mol. The molecule has 0 N–H and O–H groups in total. The van der Waals surface area contributed by atoms with Gasteiger partial charge in [0.05, 0.1) is 0 Å². The molecule has 0 spiro atoms. The number of hydrogen-bond acceptors (Lipinski definition) is 0. The highest BCUT2D eigenvalue weighted by molar-refractivity contribution is 5.05. The lowest BCUT2D eigenvalue weighted by atomic mass is 10.1. The molecule has 1 nitrogen and oxygen atoms in total. The van der Waals surface area contributed by atoms with E-state index in [2.05, 4.69) is 42.9 Å². The average molecular weight is 326 g/mol. The second kappa shape index (κ2) is 15.3. The zero-order valence-electron chi connectivity index (χ0n) is 14.8. The van der Waals surface area contributed by atoms with Crippen LogP contribution in [0.1, 0.15) is 90.0 Å². The topological polar surface area (TPSA) is 3.88 Å². The number of rotatable bonds is 13. The second-order valence-electron chi connectivity index (χ2n) is 6.38. The maximum atomic E-state index is 2.38. The summed E-state index contributed by atoms with van der Waals surface area (Å²) < 4.78 is 2.38. The number of hydrogen-bond donors (Lipinski definition) is 0. The monoisotopic (exact) mass is 325 g/mol. The van der Waals surface area contributed by atoms with Crippen LogP contribution in [0.4, 0.5) is 0 Å². The van der Waals surface area contributed by atoms with Crippen LogP contribution < -0.4 is 17.0 Å². The highest BCUT2D eigenvalue weighted by Gasteiger charge is 2.02. The first-order chi connectivity index (χ1) is 10.4. The van der Waals surface area contributed by atoms with Crippen molar-refractivity contribution in [3.8, 4) is 0 Å². The third-order valence-electron chi connectivity index (χ3n) is 4.26. The van der Waals surface area contributed by atoms with Crippen LogP contribution in [0.5, 0.6) is 0 Å². The Morgan fingerprint density at radius 2 is 1.36 bits per heavy atom. The Morgan fingerprint density at radius 1 is 0.773 bits per heavy atom. The highest BCUT2D eigenvalue weighted by atomic mass is 35.5. The molecule has 0 unspecified atom stereocenters. The molecule has 128 valence electrons. The van der Waals surface area contributed by atoms with Crippen molar-refractivity contribution in [2.24, 2.45) is 0 Å². The van der Waals surface area contributed by atoms with E-state index < -0.39 is 0 Å². The molecule has 0 aliphatic heterocycles. The molecule has 0 aliphatic rings. The summed E-state index contributed by atoms with van der Waals surface area (Å²) in [5, 5.41) is 0. The number of pyridine rings is 1. The van der Waals surface area contributed by atoms with Gasteiger partial charge in [0.1, 0.15) is 6.54 Å². The first-order valence-electron chi connectivity index (χ1n) is 9.34. The zero-order chi connectivity index (χ0) is 15.2. The van der Waals surface area contributed by atoms with E-state index in [4.69, 9.17) is 0 Å². The molecule has 0 aliphatic carbocycles. The lowest BCUT2D eigenvalue weighted by Gasteiger charge is -2.02. The predicted molar refractivity (Wildman–Crippen MR) is 92.5 cm³/mol. The summed E-state index contributed by atoms with van der Waals surface area (Å²) >= 11 is 0. The highest BCUT2D eigenvalue weighted by Crippen LogP contribution is 2.09. The van der Waals surface area contributed by atoms with Gasteiger partial charge in [-0.25, -0.2) is 4.57 Å². The Hall–Kier alpha value is -0.560. The Balaban J connectivity index is 0.00000441. The van der Waals surface area contributed by atoms with Gasteiger partial charge in [0, 0.05) is 18.1 Å². The van der Waals surface area contributed by atoms with Crippen LogP contribution in [0.2, 0.25) is 0 Å². The molecule has 1 aromatic rings. The van der Waals surface area contributed by atoms with Gasteiger partial charge in [-0.05, 0) is 25.3 Å². The fraction of sp³-hybridized carbons (Fsp3) is 0.750. The zero-order valence-corrected chi connectivity index (χ0v) is 15.6. The quantitative estimate of drug-likeness (QED) is 0.388. The lowest BCUT2D eigenvalue weighted by molar-refractivity contribution is -0.697. The molecule has 1 heterocycles. The van der Waals surface area contributed by atoms with Gasteiger partial charge in [0.15, 0.2) is 12.4 Å². The number of nitrogens with zero attached hydrogens (tertiary/aromatic N) is 1. The van der Waals surface area contributed by atoms with Gasteiger partial charge in [-0.3, -0.25) is 0 Å². The first kappa shape index (κ1) is 21.4. The average Bonchev–Trinajstić information content (AvgIpc) is 2.52. The summed E-state index contributed by atoms with van der Waals surface area (Å²) in [6.07, 6.45) is 21.1. The maximum absolute atomic E-state index is 2.38. The standard InChI is InChI=1S/C20H36N.ClH/c1-3-5-7-8-9-10-11-12-13-17-21-18-14-16-20(19-21)15-6-4-2;/h14,16,18-19H,3-13,15,17H2,1-2H3;1H/q+1;/p-1. The smallest absolute Gasteiger partial charge is 0.171 e. The number of halogens is 1. The van der Waals surface area contributed by atoms with Crippen LogP contribution in [-0.4, -0.2) is 0 Å². The van der Waals surface area contributed by atoms with Crippen LogP contribution in [0.15, 0.2) is 24.5 Å². The van der Waals surface area contributed by atoms with Crippen LogP contribution >= 0.6 is 0 Å². The van der Waals surface area contributed by atoms with Crippen molar-refractivity contribution in [1.82, 2.24) is 0 Å². The van der Waals surface area contributed by atoms with Crippen molar-refractivity contribution in [1.29, 1.82) is 0 Å². The van der Waals surface area contributed by atoms with E-state index in [0.29, 0.717) is 0 Å². The summed E-state index contributed by atoms with van der Waals surface area (Å²) in [5.41, 5.74) is 1.50. The van der Waals surface area contributed by atoms with E-state index in [1.165, 1.54) is 89.2 Å². The first-order valence-corrected chi connectivity index (χ1v) is 9.34. The van der Waals surface area contributed by atoms with E-state index in [0.717, 1.165) is 0 Å². The Labute approximate surface area is 144 Å². The number of aromatic nitrogens is 1. The summed E-state index contributed by atoms with van der Waals surface area (Å²) in [6, 6.07) is 4.47. The number of aryl methyl sites for hydroxylation is 2. The third kappa shape index (κ3) is 11.1. The van der Waals surface area contributed by atoms with Crippen molar-refractivity contribution >= 4 is 0 Å². The Bertz CT molecular complexity index is 351. The SMILES string of the molecule is CCCCCCCCCCC[n+]1cccc(CCCC)c1.[Cl-]. The fourth-order valence-electron chi connectivity index (χ4n) is 2.85. The molecule has 0 aromatic carbocycles. The van der Waals surface area contributed by atoms with Crippen molar-refractivity contribution in [2.45, 2.75) is 97.4 Å². The van der Waals surface area contributed by atoms with Crippen molar-refractivity contribution in [3.63, 3.8) is 0 Å². The van der Waals surface area contributed by atoms with E-state index in [9.17, 15) is 0 Å². The van der Waals surface area contributed by atoms with Crippen LogP contribution in [0.25, 0.3) is 0 Å². The molecule has 0 radical (unpaired) electrons. The van der Waals surface area contributed by atoms with Gasteiger partial charge in [-0.15, -0.1) is 0 Å². The predicted octanol–water partition coefficient (Wildman–Crippen LogP) is 2.85. The summed E-state index contributed by atoms with van der Waals surface area (Å²) in [7, 11) is 0. The lowest BCUT2D eigenvalue weighted by Crippen LogP contribution is -3.00. The molecule has 0 amide bonds. The molecule has 1 rings (SSSR count). The van der Waals surface area contributed by atoms with Crippen LogP contribution in [0.3, 0.4) is 0 Å². The summed E-state index contributed by atoms with van der Waals surface area (Å²) in [6.45, 7) is 5.74. The molecule has 0 bridgehead atoms. The molecule has 0 atom stereocenters. The maximum Gasteiger partial charge on any atom is 0.171 e. The second-order valence-corrected chi connectivity index (χ2v) is 6.38. The van der Waals surface area contributed by atoms with Gasteiger partial charge in [-0.2, -0.15) is 0 Å². The van der Waals surface area contributed by atoms with Crippen LogP contribution in [0, 0.1) is 0 Å². The number of unbranched alkanes of at least 4 members (excludes halogenated alkanes) is 9. The van der Waals surface area contributed by atoms with Gasteiger partial charge < -0.3 is 12.4 Å². The van der Waals surface area contributed by atoms with E-state index in [1.54, 1.807) is 0 Å². The van der Waals surface area contributed by atoms with E-state index in [-0.39, 0.29) is 12.4 Å². The molecule has 1 aromatic heterocycles. The van der Waals surface area contributed by atoms with Crippen molar-refractivity contribution in [2.75, 3.05) is 0 Å². The molecule has 0 fully saturated rings. The van der Waals surface area contributed by atoms with Gasteiger partial charge >= 0.3 is 0 Å². The normalized spacial score (nSPS) is 10.5. The van der Waals surface area contributed by atoms with Crippen LogP contribution in [-0.2, 0) is 13.0 Å². The summed E-state index contributed by atoms with van der Waals surface area (Å²) in [5.74, 6) is 0. The largest absolute Gasteiger partial charge is 1.00 e. The van der Waals surface area contributed by atoms with Crippen molar-refractivity contribution < 1.29 is 17.0 Å². The minimum Gasteiger partial charge on any atom is -1.00 e. The van der Waals surface area contributed by atoms with Crippen molar-refractivity contribution in [3.05, 3.63) is 30.1 Å². The van der Waals surface area contributed by atoms with Gasteiger partial charge in [-0.1, -0.05) is 65.2 Å². The molecule has 0 saturated heterocycles. The Kier molecular flexibility index (Phi) is 14.9. The molecule has 22 heavy (non-hydrogen) atoms. The minimum absolute atomic E-state index is 0. The molecule has 2 heteroatoms. The molecule has 0 saturated carbocycles.